The number of aliphatic carboxylic acids is 1. The first-order valence-electron chi connectivity index (χ1n) is 8.72. The van der Waals surface area contributed by atoms with Gasteiger partial charge in [0.25, 0.3) is 0 Å². The Morgan fingerprint density at radius 1 is 1.36 bits per heavy atom. The number of nitrogens with zero attached hydrogens (tertiary/aromatic N) is 1. The van der Waals surface area contributed by atoms with E-state index < -0.39 is 17.4 Å². The van der Waals surface area contributed by atoms with E-state index >= 15 is 0 Å². The SMILES string of the molecule is Cc1sc2ccccc2c1CN1CCC2(CC1)NC(=O)C[C@@H]2C(=O)O. The van der Waals surface area contributed by atoms with Crippen LogP contribution in [0.15, 0.2) is 24.3 Å². The zero-order chi connectivity index (χ0) is 17.6. The lowest BCUT2D eigenvalue weighted by atomic mass is 9.77. The Hall–Kier alpha value is -1.92. The summed E-state index contributed by atoms with van der Waals surface area (Å²) >= 11 is 1.83. The van der Waals surface area contributed by atoms with Crippen LogP contribution >= 0.6 is 11.3 Å². The van der Waals surface area contributed by atoms with Crippen molar-refractivity contribution in [2.75, 3.05) is 13.1 Å². The number of hydrogen-bond acceptors (Lipinski definition) is 4. The Morgan fingerprint density at radius 2 is 2.08 bits per heavy atom. The molecule has 1 aromatic heterocycles. The van der Waals surface area contributed by atoms with Gasteiger partial charge in [0.15, 0.2) is 0 Å². The number of aryl methyl sites for hydroxylation is 1. The zero-order valence-corrected chi connectivity index (χ0v) is 15.1. The average Bonchev–Trinajstić information content (AvgIpc) is 3.07. The fourth-order valence-corrected chi connectivity index (χ4v) is 5.42. The highest BCUT2D eigenvalue weighted by Gasteiger charge is 2.51. The number of amides is 1. The number of likely N-dealkylation sites (tertiary alicyclic amines) is 1. The van der Waals surface area contributed by atoms with Gasteiger partial charge in [0, 0.05) is 35.6 Å². The third-order valence-electron chi connectivity index (χ3n) is 5.77. The number of fused-ring (bicyclic) bond motifs is 1. The van der Waals surface area contributed by atoms with E-state index in [1.165, 1.54) is 20.5 Å². The molecule has 2 aromatic rings. The largest absolute Gasteiger partial charge is 0.481 e. The highest BCUT2D eigenvalue weighted by atomic mass is 32.1. The minimum Gasteiger partial charge on any atom is -0.481 e. The molecule has 25 heavy (non-hydrogen) atoms. The zero-order valence-electron chi connectivity index (χ0n) is 14.2. The Bertz CT molecular complexity index is 836. The van der Waals surface area contributed by atoms with E-state index in [2.05, 4.69) is 41.4 Å². The molecule has 1 atom stereocenters. The molecule has 6 heteroatoms. The van der Waals surface area contributed by atoms with E-state index in [1.54, 1.807) is 0 Å². The number of carbonyl (C=O) groups excluding carboxylic acids is 1. The maximum absolute atomic E-state index is 11.8. The lowest BCUT2D eigenvalue weighted by molar-refractivity contribution is -0.144. The summed E-state index contributed by atoms with van der Waals surface area (Å²) in [7, 11) is 0. The predicted octanol–water partition coefficient (Wildman–Crippen LogP) is 2.77. The fraction of sp³-hybridized carbons (Fsp3) is 0.474. The van der Waals surface area contributed by atoms with Gasteiger partial charge in [-0.05, 0) is 36.8 Å². The van der Waals surface area contributed by atoms with Gasteiger partial charge in [0.05, 0.1) is 11.5 Å². The highest BCUT2D eigenvalue weighted by molar-refractivity contribution is 7.19. The number of carboxylic acid groups (broad SMARTS) is 1. The van der Waals surface area contributed by atoms with Gasteiger partial charge in [-0.15, -0.1) is 11.3 Å². The van der Waals surface area contributed by atoms with Crippen molar-refractivity contribution in [3.63, 3.8) is 0 Å². The van der Waals surface area contributed by atoms with Gasteiger partial charge in [-0.1, -0.05) is 18.2 Å². The van der Waals surface area contributed by atoms with Gasteiger partial charge in [0.1, 0.15) is 0 Å². The molecule has 2 aliphatic rings. The third-order valence-corrected chi connectivity index (χ3v) is 6.90. The molecular formula is C19H22N2O3S. The molecule has 2 aliphatic heterocycles. The van der Waals surface area contributed by atoms with Gasteiger partial charge >= 0.3 is 5.97 Å². The highest BCUT2D eigenvalue weighted by Crippen LogP contribution is 2.38. The molecule has 1 spiro atoms. The number of carbonyl (C=O) groups is 2. The molecule has 3 heterocycles. The summed E-state index contributed by atoms with van der Waals surface area (Å²) in [6.45, 7) is 4.68. The van der Waals surface area contributed by atoms with Crippen molar-refractivity contribution in [2.45, 2.75) is 38.3 Å². The Morgan fingerprint density at radius 3 is 2.80 bits per heavy atom. The molecule has 0 unspecified atom stereocenters. The van der Waals surface area contributed by atoms with Crippen LogP contribution in [0.3, 0.4) is 0 Å². The number of benzene rings is 1. The molecule has 132 valence electrons. The van der Waals surface area contributed by atoms with Crippen LogP contribution in [0.2, 0.25) is 0 Å². The van der Waals surface area contributed by atoms with Gasteiger partial charge in [0.2, 0.25) is 5.91 Å². The summed E-state index contributed by atoms with van der Waals surface area (Å²) in [4.78, 5) is 27.1. The lowest BCUT2D eigenvalue weighted by Crippen LogP contribution is -2.55. The average molecular weight is 358 g/mol. The Labute approximate surface area is 150 Å². The number of hydrogen-bond donors (Lipinski definition) is 2. The second-order valence-corrected chi connectivity index (χ2v) is 8.46. The molecule has 0 aliphatic carbocycles. The number of nitrogens with one attached hydrogen (secondary N) is 1. The maximum atomic E-state index is 11.8. The first-order valence-corrected chi connectivity index (χ1v) is 9.53. The van der Waals surface area contributed by atoms with Gasteiger partial charge in [-0.25, -0.2) is 0 Å². The molecule has 0 radical (unpaired) electrons. The number of piperidine rings is 1. The molecule has 1 aromatic carbocycles. The Kier molecular flexibility index (Phi) is 4.04. The fourth-order valence-electron chi connectivity index (χ4n) is 4.35. The summed E-state index contributed by atoms with van der Waals surface area (Å²) in [5.41, 5.74) is 0.826. The first kappa shape index (κ1) is 16.5. The number of rotatable bonds is 3. The van der Waals surface area contributed by atoms with Crippen LogP contribution in [0.25, 0.3) is 10.1 Å². The molecule has 2 fully saturated rings. The van der Waals surface area contributed by atoms with Crippen molar-refractivity contribution in [2.24, 2.45) is 5.92 Å². The second kappa shape index (κ2) is 6.11. The quantitative estimate of drug-likeness (QED) is 0.885. The van der Waals surface area contributed by atoms with E-state index in [0.717, 1.165) is 19.6 Å². The summed E-state index contributed by atoms with van der Waals surface area (Å²) < 4.78 is 1.32. The van der Waals surface area contributed by atoms with Crippen LogP contribution in [-0.4, -0.2) is 40.5 Å². The van der Waals surface area contributed by atoms with Crippen molar-refractivity contribution < 1.29 is 14.7 Å². The Balaban J connectivity index is 1.50. The van der Waals surface area contributed by atoms with E-state index in [1.807, 2.05) is 11.3 Å². The summed E-state index contributed by atoms with van der Waals surface area (Å²) in [5.74, 6) is -1.57. The summed E-state index contributed by atoms with van der Waals surface area (Å²) in [6.07, 6.45) is 1.53. The van der Waals surface area contributed by atoms with Crippen molar-refractivity contribution in [3.8, 4) is 0 Å². The van der Waals surface area contributed by atoms with Crippen molar-refractivity contribution >= 4 is 33.3 Å². The van der Waals surface area contributed by atoms with E-state index in [0.29, 0.717) is 12.8 Å². The van der Waals surface area contributed by atoms with E-state index in [4.69, 9.17) is 0 Å². The summed E-state index contributed by atoms with van der Waals surface area (Å²) in [6, 6.07) is 8.49. The minimum atomic E-state index is -0.855. The minimum absolute atomic E-state index is 0.115. The monoisotopic (exact) mass is 358 g/mol. The molecule has 1 amide bonds. The van der Waals surface area contributed by atoms with Crippen LogP contribution in [0.1, 0.15) is 29.7 Å². The smallest absolute Gasteiger partial charge is 0.309 e. The van der Waals surface area contributed by atoms with Gasteiger partial charge in [-0.2, -0.15) is 0 Å². The standard InChI is InChI=1S/C19H22N2O3S/c1-12-14(13-4-2-3-5-16(13)25-12)11-21-8-6-19(7-9-21)15(18(23)24)10-17(22)20-19/h2-5,15H,6-11H2,1H3,(H,20,22)(H,23,24)/t15-/m1/s1. The van der Waals surface area contributed by atoms with Crippen LogP contribution in [0, 0.1) is 12.8 Å². The van der Waals surface area contributed by atoms with Crippen LogP contribution in [0.5, 0.6) is 0 Å². The van der Waals surface area contributed by atoms with E-state index in [9.17, 15) is 14.7 Å². The van der Waals surface area contributed by atoms with Gasteiger partial charge in [-0.3, -0.25) is 14.5 Å². The lowest BCUT2D eigenvalue weighted by Gasteiger charge is -2.41. The molecule has 0 saturated carbocycles. The molecular weight excluding hydrogens is 336 g/mol. The van der Waals surface area contributed by atoms with Crippen LogP contribution in [-0.2, 0) is 16.1 Å². The van der Waals surface area contributed by atoms with Crippen molar-refractivity contribution in [1.82, 2.24) is 10.2 Å². The topological polar surface area (TPSA) is 69.6 Å². The van der Waals surface area contributed by atoms with E-state index in [-0.39, 0.29) is 12.3 Å². The maximum Gasteiger partial charge on any atom is 0.309 e. The molecule has 5 nitrogen and oxygen atoms in total. The van der Waals surface area contributed by atoms with Gasteiger partial charge < -0.3 is 10.4 Å². The first-order chi connectivity index (χ1) is 12.0. The normalized spacial score (nSPS) is 23.2. The number of carboxylic acids is 1. The molecule has 4 rings (SSSR count). The van der Waals surface area contributed by atoms with Crippen molar-refractivity contribution in [3.05, 3.63) is 34.7 Å². The molecule has 0 bridgehead atoms. The van der Waals surface area contributed by atoms with Crippen molar-refractivity contribution in [1.29, 1.82) is 0 Å². The summed E-state index contributed by atoms with van der Waals surface area (Å²) in [5, 5.41) is 13.8. The third kappa shape index (κ3) is 2.83. The van der Waals surface area contributed by atoms with Crippen LogP contribution < -0.4 is 5.32 Å². The van der Waals surface area contributed by atoms with Crippen LogP contribution in [0.4, 0.5) is 0 Å². The molecule has 2 N–H and O–H groups in total. The second-order valence-electron chi connectivity index (χ2n) is 7.21. The predicted molar refractivity (Wildman–Crippen MR) is 97.7 cm³/mol. The molecule has 2 saturated heterocycles. The number of thiophene rings is 1.